The van der Waals surface area contributed by atoms with Gasteiger partial charge in [-0.05, 0) is 12.1 Å². The second-order valence-electron chi connectivity index (χ2n) is 4.00. The lowest BCUT2D eigenvalue weighted by Gasteiger charge is -2.10. The minimum Gasteiger partial charge on any atom is -0.385 e. The fourth-order valence-corrected chi connectivity index (χ4v) is 1.57. The summed E-state index contributed by atoms with van der Waals surface area (Å²) in [4.78, 5) is 15.8. The SMILES string of the molecule is O=C(NCC(O)C(F)F)c1ccc2ccccc2n1. The van der Waals surface area contributed by atoms with Gasteiger partial charge in [0.15, 0.2) is 0 Å². The molecular weight excluding hydrogens is 254 g/mol. The molecule has 1 aromatic carbocycles. The van der Waals surface area contributed by atoms with Crippen LogP contribution >= 0.6 is 0 Å². The van der Waals surface area contributed by atoms with E-state index in [2.05, 4.69) is 10.3 Å². The van der Waals surface area contributed by atoms with Crippen LogP contribution in [-0.4, -0.2) is 35.1 Å². The summed E-state index contributed by atoms with van der Waals surface area (Å²) in [6.45, 7) is -0.509. The van der Waals surface area contributed by atoms with Crippen molar-refractivity contribution >= 4 is 16.8 Å². The van der Waals surface area contributed by atoms with E-state index in [0.29, 0.717) is 5.52 Å². The molecule has 0 saturated carbocycles. The molecule has 0 radical (unpaired) electrons. The van der Waals surface area contributed by atoms with Crippen molar-refractivity contribution in [2.45, 2.75) is 12.5 Å². The van der Waals surface area contributed by atoms with Gasteiger partial charge in [-0.15, -0.1) is 0 Å². The van der Waals surface area contributed by atoms with E-state index in [9.17, 15) is 13.6 Å². The first-order valence-electron chi connectivity index (χ1n) is 5.68. The number of hydrogen-bond donors (Lipinski definition) is 2. The van der Waals surface area contributed by atoms with E-state index in [-0.39, 0.29) is 5.69 Å². The third-order valence-electron chi connectivity index (χ3n) is 2.59. The number of carbonyl (C=O) groups is 1. The Bertz CT molecular complexity index is 590. The number of para-hydroxylation sites is 1. The smallest absolute Gasteiger partial charge is 0.269 e. The maximum Gasteiger partial charge on any atom is 0.269 e. The standard InChI is InChI=1S/C13H12F2N2O2/c14-12(15)11(18)7-16-13(19)10-6-5-8-3-1-2-4-9(8)17-10/h1-6,11-12,18H,7H2,(H,16,19). The van der Waals surface area contributed by atoms with Gasteiger partial charge in [-0.25, -0.2) is 13.8 Å². The van der Waals surface area contributed by atoms with Crippen LogP contribution in [0.3, 0.4) is 0 Å². The number of halogens is 2. The molecule has 0 bridgehead atoms. The topological polar surface area (TPSA) is 62.2 Å². The highest BCUT2D eigenvalue weighted by Crippen LogP contribution is 2.11. The summed E-state index contributed by atoms with van der Waals surface area (Å²) in [5.74, 6) is -0.592. The molecule has 2 aromatic rings. The van der Waals surface area contributed by atoms with Crippen LogP contribution in [0.1, 0.15) is 10.5 Å². The number of hydrogen-bond acceptors (Lipinski definition) is 3. The van der Waals surface area contributed by atoms with Gasteiger partial charge in [0, 0.05) is 11.9 Å². The van der Waals surface area contributed by atoms with E-state index in [1.54, 1.807) is 18.2 Å². The minimum absolute atomic E-state index is 0.125. The number of carbonyl (C=O) groups excluding carboxylic acids is 1. The van der Waals surface area contributed by atoms with Crippen LogP contribution in [-0.2, 0) is 0 Å². The lowest BCUT2D eigenvalue weighted by atomic mass is 10.2. The van der Waals surface area contributed by atoms with Crippen molar-refractivity contribution in [2.75, 3.05) is 6.54 Å². The minimum atomic E-state index is -2.88. The van der Waals surface area contributed by atoms with Gasteiger partial charge < -0.3 is 10.4 Å². The highest BCUT2D eigenvalue weighted by Gasteiger charge is 2.18. The molecule has 100 valence electrons. The number of rotatable bonds is 4. The van der Waals surface area contributed by atoms with E-state index >= 15 is 0 Å². The van der Waals surface area contributed by atoms with E-state index in [1.165, 1.54) is 6.07 Å². The fraction of sp³-hybridized carbons (Fsp3) is 0.231. The van der Waals surface area contributed by atoms with E-state index in [1.807, 2.05) is 12.1 Å². The van der Waals surface area contributed by atoms with Crippen molar-refractivity contribution in [3.63, 3.8) is 0 Å². The molecule has 2 N–H and O–H groups in total. The first-order chi connectivity index (χ1) is 9.08. The Hall–Kier alpha value is -2.08. The number of aliphatic hydroxyl groups is 1. The van der Waals surface area contributed by atoms with Crippen LogP contribution in [0.15, 0.2) is 36.4 Å². The van der Waals surface area contributed by atoms with Crippen molar-refractivity contribution in [2.24, 2.45) is 0 Å². The van der Waals surface area contributed by atoms with E-state index < -0.39 is 25.0 Å². The Balaban J connectivity index is 2.09. The number of aromatic nitrogens is 1. The highest BCUT2D eigenvalue weighted by atomic mass is 19.3. The van der Waals surface area contributed by atoms with Gasteiger partial charge >= 0.3 is 0 Å². The van der Waals surface area contributed by atoms with Gasteiger partial charge in [-0.1, -0.05) is 24.3 Å². The first kappa shape index (κ1) is 13.4. The van der Waals surface area contributed by atoms with Crippen molar-refractivity contribution in [1.82, 2.24) is 10.3 Å². The molecule has 1 amide bonds. The van der Waals surface area contributed by atoms with Gasteiger partial charge in [0.25, 0.3) is 12.3 Å². The second kappa shape index (κ2) is 5.71. The Labute approximate surface area is 108 Å². The zero-order valence-corrected chi connectivity index (χ0v) is 9.88. The number of benzene rings is 1. The quantitative estimate of drug-likeness (QED) is 0.883. The number of fused-ring (bicyclic) bond motifs is 1. The molecule has 0 saturated heterocycles. The number of aliphatic hydroxyl groups excluding tert-OH is 1. The summed E-state index contributed by atoms with van der Waals surface area (Å²) >= 11 is 0. The summed E-state index contributed by atoms with van der Waals surface area (Å²) < 4.78 is 24.1. The molecule has 4 nitrogen and oxygen atoms in total. The summed E-state index contributed by atoms with van der Waals surface area (Å²) in [6, 6.07) is 10.5. The number of nitrogens with zero attached hydrogens (tertiary/aromatic N) is 1. The molecule has 6 heteroatoms. The number of pyridine rings is 1. The molecule has 2 rings (SSSR count). The maximum absolute atomic E-state index is 12.1. The summed E-state index contributed by atoms with van der Waals surface area (Å²) in [5, 5.41) is 12.0. The molecule has 0 aliphatic carbocycles. The third-order valence-corrected chi connectivity index (χ3v) is 2.59. The summed E-state index contributed by atoms with van der Waals surface area (Å²) in [6.07, 6.45) is -4.76. The van der Waals surface area contributed by atoms with Crippen LogP contribution < -0.4 is 5.32 Å². The molecule has 0 fully saturated rings. The molecule has 1 atom stereocenters. The van der Waals surface area contributed by atoms with E-state index in [4.69, 9.17) is 5.11 Å². The Morgan fingerprint density at radius 3 is 2.74 bits per heavy atom. The van der Waals surface area contributed by atoms with Gasteiger partial charge in [-0.3, -0.25) is 4.79 Å². The Morgan fingerprint density at radius 1 is 1.26 bits per heavy atom. The Morgan fingerprint density at radius 2 is 2.00 bits per heavy atom. The zero-order chi connectivity index (χ0) is 13.8. The van der Waals surface area contributed by atoms with Crippen LogP contribution in [0.2, 0.25) is 0 Å². The molecule has 1 heterocycles. The average Bonchev–Trinajstić information content (AvgIpc) is 2.43. The average molecular weight is 266 g/mol. The zero-order valence-electron chi connectivity index (χ0n) is 9.88. The van der Waals surface area contributed by atoms with Gasteiger partial charge in [0.1, 0.15) is 11.8 Å². The van der Waals surface area contributed by atoms with Crippen molar-refractivity contribution in [3.05, 3.63) is 42.1 Å². The largest absolute Gasteiger partial charge is 0.385 e. The van der Waals surface area contributed by atoms with Crippen LogP contribution in [0, 0.1) is 0 Å². The van der Waals surface area contributed by atoms with Gasteiger partial charge in [-0.2, -0.15) is 0 Å². The molecule has 1 unspecified atom stereocenters. The monoisotopic (exact) mass is 266 g/mol. The number of amides is 1. The van der Waals surface area contributed by atoms with Gasteiger partial charge in [0.05, 0.1) is 5.52 Å². The molecule has 0 aliphatic heterocycles. The van der Waals surface area contributed by atoms with Crippen molar-refractivity contribution < 1.29 is 18.7 Å². The highest BCUT2D eigenvalue weighted by molar-refractivity contribution is 5.94. The molecule has 1 aromatic heterocycles. The lowest BCUT2D eigenvalue weighted by molar-refractivity contribution is -0.00272. The lowest BCUT2D eigenvalue weighted by Crippen LogP contribution is -2.36. The predicted octanol–water partition coefficient (Wildman–Crippen LogP) is 1.59. The summed E-state index contributed by atoms with van der Waals surface area (Å²) in [5.41, 5.74) is 0.768. The normalized spacial score (nSPS) is 12.6. The molecule has 0 spiro atoms. The third kappa shape index (κ3) is 3.23. The maximum atomic E-state index is 12.1. The van der Waals surface area contributed by atoms with Crippen LogP contribution in [0.25, 0.3) is 10.9 Å². The van der Waals surface area contributed by atoms with Gasteiger partial charge in [0.2, 0.25) is 0 Å². The molecular formula is C13H12F2N2O2. The molecule has 19 heavy (non-hydrogen) atoms. The second-order valence-corrected chi connectivity index (χ2v) is 4.00. The number of nitrogens with one attached hydrogen (secondary N) is 1. The van der Waals surface area contributed by atoms with E-state index in [0.717, 1.165) is 5.39 Å². The first-order valence-corrected chi connectivity index (χ1v) is 5.68. The summed E-state index contributed by atoms with van der Waals surface area (Å²) in [7, 11) is 0. The fourth-order valence-electron chi connectivity index (χ4n) is 1.57. The number of alkyl halides is 2. The van der Waals surface area contributed by atoms with Crippen molar-refractivity contribution in [3.8, 4) is 0 Å². The molecule has 0 aliphatic rings. The van der Waals surface area contributed by atoms with Crippen LogP contribution in [0.5, 0.6) is 0 Å². The van der Waals surface area contributed by atoms with Crippen molar-refractivity contribution in [1.29, 1.82) is 0 Å². The predicted molar refractivity (Wildman–Crippen MR) is 66.1 cm³/mol. The van der Waals surface area contributed by atoms with Crippen LogP contribution in [0.4, 0.5) is 8.78 Å². The Kier molecular flexibility index (Phi) is 4.01.